The lowest BCUT2D eigenvalue weighted by Gasteiger charge is -2.23. The molecule has 0 aliphatic rings. The highest BCUT2D eigenvalue weighted by Gasteiger charge is 2.10. The van der Waals surface area contributed by atoms with E-state index in [0.29, 0.717) is 0 Å². The minimum atomic E-state index is 0.843. The van der Waals surface area contributed by atoms with Crippen molar-refractivity contribution in [1.29, 1.82) is 0 Å². The molecule has 0 atom stereocenters. The lowest BCUT2D eigenvalue weighted by atomic mass is 10.1. The Morgan fingerprint density at radius 2 is 1.14 bits per heavy atom. The maximum absolute atomic E-state index is 2.19. The predicted molar refractivity (Wildman–Crippen MR) is 95.7 cm³/mol. The molecule has 0 spiro atoms. The summed E-state index contributed by atoms with van der Waals surface area (Å²) in [7, 11) is 10.6. The van der Waals surface area contributed by atoms with Gasteiger partial charge in [-0.2, -0.15) is 0 Å². The Labute approximate surface area is 128 Å². The molecular weight excluding hydrogens is 256 g/mol. The van der Waals surface area contributed by atoms with Gasteiger partial charge in [-0.15, -0.1) is 0 Å². The molecule has 0 aliphatic heterocycles. The molecule has 2 heteroatoms. The van der Waals surface area contributed by atoms with Gasteiger partial charge in [0, 0.05) is 19.8 Å². The van der Waals surface area contributed by atoms with Gasteiger partial charge in [0.25, 0.3) is 0 Å². The van der Waals surface area contributed by atoms with Gasteiger partial charge in [0.1, 0.15) is 5.69 Å². The minimum Gasteiger partial charge on any atom is -0.378 e. The number of hydrogen-bond acceptors (Lipinski definition) is 1. The number of nitrogens with zero attached hydrogens (tertiary/aromatic N) is 2. The van der Waals surface area contributed by atoms with E-state index >= 15 is 0 Å². The number of hydrogen-bond donors (Lipinski definition) is 0. The van der Waals surface area contributed by atoms with Crippen LogP contribution in [0.4, 0.5) is 11.4 Å². The molecule has 0 N–H and O–H groups in total. The van der Waals surface area contributed by atoms with Crippen molar-refractivity contribution in [3.63, 3.8) is 0 Å². The average molecular weight is 281 g/mol. The second-order valence-electron chi connectivity index (χ2n) is 6.42. The predicted octanol–water partition coefficient (Wildman–Crippen LogP) is 4.12. The smallest absolute Gasteiger partial charge is 0.132 e. The second-order valence-corrected chi connectivity index (χ2v) is 6.42. The van der Waals surface area contributed by atoms with Gasteiger partial charge in [-0.1, -0.05) is 24.3 Å². The third-order valence-corrected chi connectivity index (χ3v) is 3.55. The Morgan fingerprint density at radius 3 is 1.52 bits per heavy atom. The molecule has 0 bridgehead atoms. The molecule has 0 amide bonds. The molecule has 21 heavy (non-hydrogen) atoms. The summed E-state index contributed by atoms with van der Waals surface area (Å²) in [6, 6.07) is 17.3. The first-order valence-electron chi connectivity index (χ1n) is 7.24. The molecule has 2 aromatic carbocycles. The van der Waals surface area contributed by atoms with Gasteiger partial charge in [0.2, 0.25) is 0 Å². The quantitative estimate of drug-likeness (QED) is 0.602. The van der Waals surface area contributed by atoms with Crippen molar-refractivity contribution >= 4 is 23.5 Å². The summed E-state index contributed by atoms with van der Waals surface area (Å²) in [5, 5.41) is 0. The Hall–Kier alpha value is -2.06. The lowest BCUT2D eigenvalue weighted by Crippen LogP contribution is -2.34. The van der Waals surface area contributed by atoms with Crippen molar-refractivity contribution in [2.24, 2.45) is 0 Å². The van der Waals surface area contributed by atoms with Crippen LogP contribution >= 0.6 is 0 Å². The van der Waals surface area contributed by atoms with Crippen LogP contribution in [0, 0.1) is 0 Å². The summed E-state index contributed by atoms with van der Waals surface area (Å²) in [5.74, 6) is 0. The Kier molecular flexibility index (Phi) is 4.49. The first-order chi connectivity index (χ1) is 9.86. The van der Waals surface area contributed by atoms with Crippen LogP contribution in [0.25, 0.3) is 12.2 Å². The highest BCUT2D eigenvalue weighted by Crippen LogP contribution is 2.19. The summed E-state index contributed by atoms with van der Waals surface area (Å²) in [4.78, 5) is 2.11. The monoisotopic (exact) mass is 281 g/mol. The van der Waals surface area contributed by atoms with E-state index in [2.05, 4.69) is 101 Å². The van der Waals surface area contributed by atoms with Crippen LogP contribution in [0.3, 0.4) is 0 Å². The van der Waals surface area contributed by atoms with Crippen LogP contribution in [0.1, 0.15) is 11.1 Å². The number of anilines is 1. The third kappa shape index (κ3) is 4.20. The third-order valence-electron chi connectivity index (χ3n) is 3.55. The van der Waals surface area contributed by atoms with Crippen molar-refractivity contribution in [2.75, 3.05) is 40.1 Å². The zero-order valence-electron chi connectivity index (χ0n) is 13.7. The molecule has 0 aliphatic carbocycles. The standard InChI is InChI=1S/C19H25N2/c1-20(2)18-12-8-16(9-13-18)6-7-17-10-14-19(15-11-17)21(3,4)5/h6-15H,1-5H3/q+1/b7-6+. The van der Waals surface area contributed by atoms with Gasteiger partial charge in [0.05, 0.1) is 21.1 Å². The van der Waals surface area contributed by atoms with E-state index < -0.39 is 0 Å². The zero-order valence-corrected chi connectivity index (χ0v) is 13.7. The highest BCUT2D eigenvalue weighted by atomic mass is 15.3. The Bertz CT molecular complexity index is 600. The second kappa shape index (κ2) is 6.15. The fourth-order valence-corrected chi connectivity index (χ4v) is 2.11. The van der Waals surface area contributed by atoms with E-state index in [1.54, 1.807) is 0 Å². The molecule has 0 aromatic heterocycles. The van der Waals surface area contributed by atoms with Crippen molar-refractivity contribution in [2.45, 2.75) is 0 Å². The van der Waals surface area contributed by atoms with E-state index in [0.717, 1.165) is 4.48 Å². The largest absolute Gasteiger partial charge is 0.378 e. The molecule has 110 valence electrons. The first kappa shape index (κ1) is 15.3. The van der Waals surface area contributed by atoms with E-state index in [4.69, 9.17) is 0 Å². The van der Waals surface area contributed by atoms with E-state index in [9.17, 15) is 0 Å². The molecular formula is C19H25N2+. The van der Waals surface area contributed by atoms with Gasteiger partial charge in [-0.25, -0.2) is 0 Å². The van der Waals surface area contributed by atoms with E-state index in [1.165, 1.54) is 22.5 Å². The van der Waals surface area contributed by atoms with Gasteiger partial charge in [-0.05, 0) is 47.5 Å². The fraction of sp³-hybridized carbons (Fsp3) is 0.263. The summed E-state index contributed by atoms with van der Waals surface area (Å²) in [5.41, 5.74) is 4.97. The van der Waals surface area contributed by atoms with Crippen LogP contribution < -0.4 is 9.38 Å². The summed E-state index contributed by atoms with van der Waals surface area (Å²) < 4.78 is 0.843. The normalized spacial score (nSPS) is 11.9. The summed E-state index contributed by atoms with van der Waals surface area (Å²) in [6.07, 6.45) is 4.31. The van der Waals surface area contributed by atoms with Gasteiger partial charge < -0.3 is 4.90 Å². The maximum Gasteiger partial charge on any atom is 0.132 e. The molecule has 2 rings (SSSR count). The van der Waals surface area contributed by atoms with Crippen LogP contribution in [0.15, 0.2) is 48.5 Å². The highest BCUT2D eigenvalue weighted by molar-refractivity contribution is 5.71. The average Bonchev–Trinajstić information content (AvgIpc) is 2.45. The topological polar surface area (TPSA) is 3.24 Å². The van der Waals surface area contributed by atoms with Crippen molar-refractivity contribution in [3.05, 3.63) is 59.7 Å². The van der Waals surface area contributed by atoms with Crippen LogP contribution in [-0.2, 0) is 0 Å². The molecule has 0 fully saturated rings. The van der Waals surface area contributed by atoms with Crippen LogP contribution in [-0.4, -0.2) is 35.2 Å². The van der Waals surface area contributed by atoms with Crippen molar-refractivity contribution in [3.8, 4) is 0 Å². The first-order valence-corrected chi connectivity index (χ1v) is 7.24. The number of rotatable bonds is 4. The SMILES string of the molecule is CN(C)c1ccc(/C=C/c2ccc([N+](C)(C)C)cc2)cc1. The maximum atomic E-state index is 2.19. The summed E-state index contributed by atoms with van der Waals surface area (Å²) >= 11 is 0. The van der Waals surface area contributed by atoms with Crippen molar-refractivity contribution < 1.29 is 0 Å². The van der Waals surface area contributed by atoms with Crippen LogP contribution in [0.2, 0.25) is 0 Å². The molecule has 0 radical (unpaired) electrons. The molecule has 0 heterocycles. The molecule has 2 nitrogen and oxygen atoms in total. The summed E-state index contributed by atoms with van der Waals surface area (Å²) in [6.45, 7) is 0. The van der Waals surface area contributed by atoms with Gasteiger partial charge in [0.15, 0.2) is 0 Å². The lowest BCUT2D eigenvalue weighted by molar-refractivity contribution is 0.486. The van der Waals surface area contributed by atoms with E-state index in [1.807, 2.05) is 0 Å². The van der Waals surface area contributed by atoms with Crippen molar-refractivity contribution in [1.82, 2.24) is 4.48 Å². The molecule has 0 saturated heterocycles. The number of benzene rings is 2. The van der Waals surface area contributed by atoms with E-state index in [-0.39, 0.29) is 0 Å². The zero-order chi connectivity index (χ0) is 15.5. The fourth-order valence-electron chi connectivity index (χ4n) is 2.11. The Morgan fingerprint density at radius 1 is 0.714 bits per heavy atom. The minimum absolute atomic E-state index is 0.843. The molecule has 2 aromatic rings. The number of quaternary nitrogens is 1. The van der Waals surface area contributed by atoms with Crippen LogP contribution in [0.5, 0.6) is 0 Å². The molecule has 0 saturated carbocycles. The molecule has 0 unspecified atom stereocenters. The van der Waals surface area contributed by atoms with Gasteiger partial charge >= 0.3 is 0 Å². The Balaban J connectivity index is 2.10. The van der Waals surface area contributed by atoms with Gasteiger partial charge in [-0.3, -0.25) is 4.48 Å².